The van der Waals surface area contributed by atoms with E-state index < -0.39 is 0 Å². The van der Waals surface area contributed by atoms with Crippen molar-refractivity contribution < 1.29 is 3.83 Å². The summed E-state index contributed by atoms with van der Waals surface area (Å²) in [4.78, 5) is 0. The fraction of sp³-hybridized carbons (Fsp3) is 0. The van der Waals surface area contributed by atoms with E-state index in [1.807, 2.05) is 0 Å². The van der Waals surface area contributed by atoms with Crippen molar-refractivity contribution in [2.24, 2.45) is 0 Å². The molecular formula is H3BBiOSe. The van der Waals surface area contributed by atoms with Crippen LogP contribution in [0.5, 0.6) is 0 Å². The maximum absolute atomic E-state index is 8.12. The van der Waals surface area contributed by atoms with Crippen LogP contribution in [0.1, 0.15) is 0 Å². The van der Waals surface area contributed by atoms with Crippen LogP contribution in [0.3, 0.4) is 0 Å². The van der Waals surface area contributed by atoms with Crippen molar-refractivity contribution in [3.8, 4) is 0 Å². The zero-order chi connectivity index (χ0) is 2.00. The summed E-state index contributed by atoms with van der Waals surface area (Å²) in [5.74, 6) is 0. The molecule has 1 nitrogen and oxygen atoms in total. The molecule has 0 bridgehead atoms. The van der Waals surface area contributed by atoms with Crippen molar-refractivity contribution >= 4 is 50.6 Å². The Balaban J connectivity index is -0.00000000500. The van der Waals surface area contributed by atoms with Gasteiger partial charge in [0.15, 0.2) is 0 Å². The van der Waals surface area contributed by atoms with Crippen molar-refractivity contribution in [1.82, 2.24) is 0 Å². The van der Waals surface area contributed by atoms with Gasteiger partial charge in [0.2, 0.25) is 0 Å². The fourth-order valence-corrected chi connectivity index (χ4v) is 0. The van der Waals surface area contributed by atoms with Crippen LogP contribution in [-0.2, 0) is 3.83 Å². The van der Waals surface area contributed by atoms with E-state index in [9.17, 15) is 0 Å². The van der Waals surface area contributed by atoms with E-state index in [1.165, 1.54) is 15.9 Å². The van der Waals surface area contributed by atoms with Gasteiger partial charge in [0.05, 0.1) is 0 Å². The first-order chi connectivity index (χ1) is 1.00. The number of hydrogen-bond acceptors (Lipinski definition) is 1. The molecule has 3 radical (unpaired) electrons. The predicted octanol–water partition coefficient (Wildman–Crippen LogP) is -2.06. The molecule has 23 valence electrons. The normalized spacial score (nSPS) is 1.00. The van der Waals surface area contributed by atoms with Crippen LogP contribution in [0.15, 0.2) is 0 Å². The second-order valence-corrected chi connectivity index (χ2v) is 0. The van der Waals surface area contributed by atoms with Gasteiger partial charge in [-0.25, -0.2) is 0 Å². The Hall–Kier alpha value is 1.27. The summed E-state index contributed by atoms with van der Waals surface area (Å²) in [6, 6.07) is 0. The van der Waals surface area contributed by atoms with Gasteiger partial charge in [0.25, 0.3) is 0 Å². The topological polar surface area (TPSA) is 17.1 Å². The molecule has 0 N–H and O–H groups in total. The van der Waals surface area contributed by atoms with Gasteiger partial charge >= 0.3 is 46.0 Å². The molecule has 0 aromatic heterocycles. The fourth-order valence-electron chi connectivity index (χ4n) is 0. The molecule has 0 spiro atoms. The first kappa shape index (κ1) is 18.7. The molecule has 0 saturated carbocycles. The Morgan fingerprint density at radius 2 is 1.25 bits per heavy atom. The van der Waals surface area contributed by atoms with E-state index in [-0.39, 0.29) is 34.6 Å². The SMILES string of the molecule is O=[Se].[B].[BiH3]. The molecule has 4 heavy (non-hydrogen) atoms. The Morgan fingerprint density at radius 1 is 1.25 bits per heavy atom. The molecule has 0 atom stereocenters. The second-order valence-electron chi connectivity index (χ2n) is 0. The van der Waals surface area contributed by atoms with Crippen LogP contribution in [0.4, 0.5) is 0 Å². The Labute approximate surface area is 54.2 Å². The summed E-state index contributed by atoms with van der Waals surface area (Å²) >= 11 is 1.38. The average molecular weight is 318 g/mol. The van der Waals surface area contributed by atoms with E-state index in [2.05, 4.69) is 0 Å². The molecule has 0 aromatic carbocycles. The molecule has 0 saturated heterocycles. The van der Waals surface area contributed by atoms with Crippen LogP contribution < -0.4 is 0 Å². The van der Waals surface area contributed by atoms with E-state index >= 15 is 0 Å². The Kier molecular flexibility index (Phi) is 132. The Morgan fingerprint density at radius 3 is 1.25 bits per heavy atom. The molecule has 0 amide bonds. The first-order valence-electron chi connectivity index (χ1n) is 0.167. The summed E-state index contributed by atoms with van der Waals surface area (Å²) in [5, 5.41) is 0. The van der Waals surface area contributed by atoms with Crippen LogP contribution in [0.2, 0.25) is 0 Å². The van der Waals surface area contributed by atoms with Crippen LogP contribution in [-0.4, -0.2) is 50.6 Å². The van der Waals surface area contributed by atoms with Crippen LogP contribution >= 0.6 is 0 Å². The van der Waals surface area contributed by atoms with E-state index in [4.69, 9.17) is 3.83 Å². The van der Waals surface area contributed by atoms with Crippen molar-refractivity contribution in [3.05, 3.63) is 0 Å². The van der Waals surface area contributed by atoms with Crippen molar-refractivity contribution in [2.45, 2.75) is 0 Å². The zero-order valence-corrected chi connectivity index (χ0v) is 9.31. The quantitative estimate of drug-likeness (QED) is 0.470. The minimum atomic E-state index is 0. The first-order valence-corrected chi connectivity index (χ1v) is 0.866. The van der Waals surface area contributed by atoms with E-state index in [0.29, 0.717) is 0 Å². The van der Waals surface area contributed by atoms with Gasteiger partial charge < -0.3 is 0 Å². The monoisotopic (exact) mass is 319 g/mol. The number of hydrogen-bond donors (Lipinski definition) is 0. The third-order valence-electron chi connectivity index (χ3n) is 0. The summed E-state index contributed by atoms with van der Waals surface area (Å²) in [7, 11) is 0. The van der Waals surface area contributed by atoms with Crippen LogP contribution in [0.25, 0.3) is 0 Å². The molecular weight excluding hydrogens is 315 g/mol. The second kappa shape index (κ2) is 28.4. The van der Waals surface area contributed by atoms with Gasteiger partial charge in [0.1, 0.15) is 0 Å². The van der Waals surface area contributed by atoms with E-state index in [0.717, 1.165) is 0 Å². The predicted molar refractivity (Wildman–Crippen MR) is 22.1 cm³/mol. The standard InChI is InChI=1S/B.Bi.OSe.3H/c;;1-2;;;. The van der Waals surface area contributed by atoms with Gasteiger partial charge in [-0.05, 0) is 0 Å². The molecule has 0 aliphatic rings. The molecule has 4 heteroatoms. The maximum atomic E-state index is 8.12. The minimum absolute atomic E-state index is 0. The molecule has 0 rings (SSSR count). The molecule has 0 heterocycles. The van der Waals surface area contributed by atoms with Gasteiger partial charge in [-0.1, -0.05) is 0 Å². The third kappa shape index (κ3) is 10.5. The van der Waals surface area contributed by atoms with E-state index in [1.54, 1.807) is 0 Å². The van der Waals surface area contributed by atoms with Crippen molar-refractivity contribution in [3.63, 3.8) is 0 Å². The molecule has 0 aromatic rings. The third-order valence-corrected chi connectivity index (χ3v) is 0. The van der Waals surface area contributed by atoms with Crippen molar-refractivity contribution in [1.29, 1.82) is 0 Å². The van der Waals surface area contributed by atoms with Gasteiger partial charge in [0, 0.05) is 8.41 Å². The summed E-state index contributed by atoms with van der Waals surface area (Å²) in [6.45, 7) is 0. The summed E-state index contributed by atoms with van der Waals surface area (Å²) in [6.07, 6.45) is 0. The molecule has 0 unspecified atom stereocenters. The summed E-state index contributed by atoms with van der Waals surface area (Å²) < 4.78 is 8.12. The van der Waals surface area contributed by atoms with Crippen LogP contribution in [0, 0.1) is 0 Å². The molecule has 0 fully saturated rings. The molecule has 0 aliphatic heterocycles. The van der Waals surface area contributed by atoms with Crippen molar-refractivity contribution in [2.75, 3.05) is 0 Å². The summed E-state index contributed by atoms with van der Waals surface area (Å²) in [5.41, 5.74) is 0. The van der Waals surface area contributed by atoms with Gasteiger partial charge in [-0.15, -0.1) is 0 Å². The van der Waals surface area contributed by atoms with Gasteiger partial charge in [-0.2, -0.15) is 0 Å². The Bertz CT molecular complexity index is 8.00. The zero-order valence-electron chi connectivity index (χ0n) is 2.10. The number of rotatable bonds is 0. The average Bonchev–Trinajstić information content (AvgIpc) is 1.00. The molecule has 0 aliphatic carbocycles. The van der Waals surface area contributed by atoms with Gasteiger partial charge in [-0.3, -0.25) is 0 Å².